The number of carbonyl (C=O) groups excluding carboxylic acids is 2. The molecule has 0 bridgehead atoms. The highest BCUT2D eigenvalue weighted by Gasteiger charge is 2.37. The first-order chi connectivity index (χ1) is 14.8. The number of piperazine rings is 1. The second kappa shape index (κ2) is 9.26. The first-order valence-electron chi connectivity index (χ1n) is 10.2. The average molecular weight is 466 g/mol. The first-order valence-corrected chi connectivity index (χ1v) is 10.2. The van der Waals surface area contributed by atoms with Crippen LogP contribution in [0.25, 0.3) is 0 Å². The van der Waals surface area contributed by atoms with E-state index in [1.165, 1.54) is 0 Å². The third kappa shape index (κ3) is 6.58. The molecule has 2 amide bonds. The number of benzene rings is 1. The number of nitrogens with zero attached hydrogens (tertiary/aromatic N) is 2. The second-order valence-corrected chi connectivity index (χ2v) is 8.11. The molecule has 2 fully saturated rings. The second-order valence-electron chi connectivity index (χ2n) is 8.11. The number of hydrogen-bond donors (Lipinski definition) is 2. The fraction of sp³-hybridized carbons (Fsp3) is 0.600. The van der Waals surface area contributed by atoms with Gasteiger partial charge in [0.2, 0.25) is 11.8 Å². The highest BCUT2D eigenvalue weighted by atomic mass is 19.4. The molecule has 6 nitrogen and oxygen atoms in total. The van der Waals surface area contributed by atoms with E-state index in [1.54, 1.807) is 11.8 Å². The van der Waals surface area contributed by atoms with Crippen molar-refractivity contribution in [2.75, 3.05) is 38.0 Å². The maximum atomic E-state index is 13.0. The molecule has 1 saturated heterocycles. The lowest BCUT2D eigenvalue weighted by atomic mass is 10.1. The predicted octanol–water partition coefficient (Wildman–Crippen LogP) is 2.95. The van der Waals surface area contributed by atoms with Crippen molar-refractivity contribution in [2.24, 2.45) is 0 Å². The molecule has 1 aliphatic heterocycles. The van der Waals surface area contributed by atoms with Gasteiger partial charge in [-0.25, -0.2) is 0 Å². The molecule has 2 aliphatic rings. The molecule has 0 radical (unpaired) electrons. The van der Waals surface area contributed by atoms with Crippen LogP contribution in [0.4, 0.5) is 32.0 Å². The zero-order valence-corrected chi connectivity index (χ0v) is 17.3. The molecular weight excluding hydrogens is 442 g/mol. The zero-order chi connectivity index (χ0) is 23.7. The fourth-order valence-corrected chi connectivity index (χ4v) is 3.45. The molecule has 0 spiro atoms. The molecule has 0 aromatic heterocycles. The van der Waals surface area contributed by atoms with Crippen LogP contribution in [0.3, 0.4) is 0 Å². The van der Waals surface area contributed by atoms with E-state index in [-0.39, 0.29) is 30.6 Å². The number of carbonyl (C=O) groups is 2. The molecule has 1 aliphatic carbocycles. The van der Waals surface area contributed by atoms with Gasteiger partial charge in [0.05, 0.1) is 23.7 Å². The van der Waals surface area contributed by atoms with E-state index in [9.17, 15) is 35.9 Å². The van der Waals surface area contributed by atoms with Crippen LogP contribution in [0.5, 0.6) is 0 Å². The molecule has 3 rings (SSSR count). The topological polar surface area (TPSA) is 64.7 Å². The molecular formula is C20H24F6N4O2. The molecule has 1 atom stereocenters. The first kappa shape index (κ1) is 24.3. The Hall–Kier alpha value is -2.34. The summed E-state index contributed by atoms with van der Waals surface area (Å²) in [6.45, 7) is 3.50. The Morgan fingerprint density at radius 1 is 0.969 bits per heavy atom. The van der Waals surface area contributed by atoms with Crippen LogP contribution in [-0.4, -0.2) is 66.4 Å². The predicted molar refractivity (Wildman–Crippen MR) is 104 cm³/mol. The Morgan fingerprint density at radius 2 is 1.50 bits per heavy atom. The van der Waals surface area contributed by atoms with Crippen molar-refractivity contribution >= 4 is 17.5 Å². The minimum absolute atomic E-state index is 0.00934. The van der Waals surface area contributed by atoms with Gasteiger partial charge in [0.1, 0.15) is 0 Å². The Kier molecular flexibility index (Phi) is 7.03. The summed E-state index contributed by atoms with van der Waals surface area (Å²) in [6.07, 6.45) is -8.01. The van der Waals surface area contributed by atoms with Crippen molar-refractivity contribution in [2.45, 2.75) is 44.2 Å². The van der Waals surface area contributed by atoms with Gasteiger partial charge in [-0.15, -0.1) is 0 Å². The van der Waals surface area contributed by atoms with Crippen molar-refractivity contribution in [3.63, 3.8) is 0 Å². The van der Waals surface area contributed by atoms with Crippen LogP contribution in [-0.2, 0) is 21.9 Å². The average Bonchev–Trinajstić information content (AvgIpc) is 3.50. The third-order valence-corrected chi connectivity index (χ3v) is 5.50. The van der Waals surface area contributed by atoms with E-state index >= 15 is 0 Å². The van der Waals surface area contributed by atoms with Crippen LogP contribution in [0, 0.1) is 0 Å². The van der Waals surface area contributed by atoms with Gasteiger partial charge in [0.25, 0.3) is 0 Å². The molecule has 32 heavy (non-hydrogen) atoms. The van der Waals surface area contributed by atoms with E-state index < -0.39 is 35.1 Å². The smallest absolute Gasteiger partial charge is 0.352 e. The molecule has 1 saturated carbocycles. The summed E-state index contributed by atoms with van der Waals surface area (Å²) in [6, 6.07) is 0.896. The summed E-state index contributed by atoms with van der Waals surface area (Å²) in [5.74, 6) is -0.769. The molecule has 1 aromatic rings. The number of amides is 2. The van der Waals surface area contributed by atoms with Gasteiger partial charge in [-0.3, -0.25) is 19.4 Å². The lowest BCUT2D eigenvalue weighted by molar-refractivity contribution is -0.143. The van der Waals surface area contributed by atoms with Gasteiger partial charge in [0.15, 0.2) is 0 Å². The Bertz CT molecular complexity index is 813. The number of alkyl halides is 6. The van der Waals surface area contributed by atoms with Crippen molar-refractivity contribution in [3.8, 4) is 0 Å². The van der Waals surface area contributed by atoms with Gasteiger partial charge >= 0.3 is 12.4 Å². The third-order valence-electron chi connectivity index (χ3n) is 5.50. The molecule has 0 unspecified atom stereocenters. The van der Waals surface area contributed by atoms with Gasteiger partial charge in [-0.1, -0.05) is 0 Å². The van der Waals surface area contributed by atoms with E-state index in [0.29, 0.717) is 38.3 Å². The van der Waals surface area contributed by atoms with E-state index in [0.717, 1.165) is 12.8 Å². The molecule has 2 N–H and O–H groups in total. The minimum atomic E-state index is -4.99. The summed E-state index contributed by atoms with van der Waals surface area (Å²) in [5.41, 5.74) is -3.55. The largest absolute Gasteiger partial charge is 0.416 e. The quantitative estimate of drug-likeness (QED) is 0.633. The van der Waals surface area contributed by atoms with Gasteiger partial charge in [0, 0.05) is 37.9 Å². The summed E-state index contributed by atoms with van der Waals surface area (Å²) < 4.78 is 77.7. The van der Waals surface area contributed by atoms with E-state index in [4.69, 9.17) is 0 Å². The normalized spacial score (nSPS) is 19.5. The van der Waals surface area contributed by atoms with Crippen LogP contribution < -0.4 is 10.6 Å². The number of nitrogens with one attached hydrogen (secondary N) is 2. The fourth-order valence-electron chi connectivity index (χ4n) is 3.45. The Morgan fingerprint density at radius 3 is 1.97 bits per heavy atom. The lowest BCUT2D eigenvalue weighted by Crippen LogP contribution is -2.55. The van der Waals surface area contributed by atoms with E-state index in [1.807, 2.05) is 4.90 Å². The highest BCUT2D eigenvalue weighted by Crippen LogP contribution is 2.37. The Balaban J connectivity index is 1.55. The number of anilines is 1. The SMILES string of the molecule is C[C@@H](C(=O)NC1CC1)N1CCN(CC(=O)Nc2cc(C(F)(F)F)cc(C(F)(F)F)c2)CC1. The summed E-state index contributed by atoms with van der Waals surface area (Å²) >= 11 is 0. The molecule has 1 heterocycles. The van der Waals surface area contributed by atoms with Crippen LogP contribution in [0.1, 0.15) is 30.9 Å². The molecule has 1 aromatic carbocycles. The summed E-state index contributed by atoms with van der Waals surface area (Å²) in [4.78, 5) is 28.1. The number of hydrogen-bond acceptors (Lipinski definition) is 4. The Labute approximate surface area is 180 Å². The van der Waals surface area contributed by atoms with E-state index in [2.05, 4.69) is 10.6 Å². The van der Waals surface area contributed by atoms with Crippen molar-refractivity contribution in [1.29, 1.82) is 0 Å². The number of rotatable bonds is 6. The van der Waals surface area contributed by atoms with Crippen LogP contribution in [0.15, 0.2) is 18.2 Å². The molecule has 12 heteroatoms. The highest BCUT2D eigenvalue weighted by molar-refractivity contribution is 5.92. The zero-order valence-electron chi connectivity index (χ0n) is 17.3. The monoisotopic (exact) mass is 466 g/mol. The maximum absolute atomic E-state index is 13.0. The van der Waals surface area contributed by atoms with Gasteiger partial charge in [-0.05, 0) is 38.0 Å². The summed E-state index contributed by atoms with van der Waals surface area (Å²) in [5, 5.41) is 5.07. The van der Waals surface area contributed by atoms with Gasteiger partial charge < -0.3 is 10.6 Å². The van der Waals surface area contributed by atoms with Crippen molar-refractivity contribution < 1.29 is 35.9 Å². The summed E-state index contributed by atoms with van der Waals surface area (Å²) in [7, 11) is 0. The molecule has 178 valence electrons. The maximum Gasteiger partial charge on any atom is 0.416 e. The lowest BCUT2D eigenvalue weighted by Gasteiger charge is -2.37. The van der Waals surface area contributed by atoms with Crippen molar-refractivity contribution in [1.82, 2.24) is 15.1 Å². The standard InChI is InChI=1S/C20H24F6N4O2/c1-12(18(32)28-15-2-3-15)30-6-4-29(5-7-30)11-17(31)27-16-9-13(19(21,22)23)8-14(10-16)20(24,25)26/h8-10,12,15H,2-7,11H2,1H3,(H,27,31)(H,28,32)/t12-/m0/s1. The van der Waals surface area contributed by atoms with Crippen LogP contribution >= 0.6 is 0 Å². The van der Waals surface area contributed by atoms with Crippen molar-refractivity contribution in [3.05, 3.63) is 29.3 Å². The van der Waals surface area contributed by atoms with Crippen LogP contribution in [0.2, 0.25) is 0 Å². The minimum Gasteiger partial charge on any atom is -0.352 e. The number of halogens is 6. The van der Waals surface area contributed by atoms with Gasteiger partial charge in [-0.2, -0.15) is 26.3 Å².